The molecule has 0 saturated carbocycles. The fourth-order valence-corrected chi connectivity index (χ4v) is 2.32. The summed E-state index contributed by atoms with van der Waals surface area (Å²) in [4.78, 5) is 27.5. The van der Waals surface area contributed by atoms with Gasteiger partial charge >= 0.3 is 11.8 Å². The average Bonchev–Trinajstić information content (AvgIpc) is 2.63. The van der Waals surface area contributed by atoms with Gasteiger partial charge in [-0.15, -0.1) is 0 Å². The molecule has 2 amide bonds. The minimum absolute atomic E-state index is 0.00673. The Labute approximate surface area is 107 Å². The molecule has 0 aromatic rings. The number of hydrogen-bond donors (Lipinski definition) is 1. The van der Waals surface area contributed by atoms with Crippen LogP contribution in [0.15, 0.2) is 0 Å². The molecule has 0 aromatic carbocycles. The lowest BCUT2D eigenvalue weighted by molar-refractivity contribution is -0.152. The van der Waals surface area contributed by atoms with E-state index in [2.05, 4.69) is 5.32 Å². The van der Waals surface area contributed by atoms with Crippen LogP contribution >= 0.6 is 0 Å². The van der Waals surface area contributed by atoms with Gasteiger partial charge in [0.15, 0.2) is 0 Å². The number of amides is 2. The monoisotopic (exact) mass is 255 g/mol. The van der Waals surface area contributed by atoms with Crippen molar-refractivity contribution in [2.45, 2.75) is 19.4 Å². The molecule has 0 radical (unpaired) electrons. The van der Waals surface area contributed by atoms with Crippen LogP contribution in [0.25, 0.3) is 0 Å². The zero-order valence-corrected chi connectivity index (χ0v) is 10.9. The Kier molecular flexibility index (Phi) is 4.54. The largest absolute Gasteiger partial charge is 0.377 e. The van der Waals surface area contributed by atoms with E-state index in [1.54, 1.807) is 9.80 Å². The highest BCUT2D eigenvalue weighted by Gasteiger charge is 2.29. The Morgan fingerprint density at radius 1 is 1.11 bits per heavy atom. The molecule has 0 spiro atoms. The van der Waals surface area contributed by atoms with Crippen LogP contribution in [0.4, 0.5) is 0 Å². The number of nitrogens with zero attached hydrogens (tertiary/aromatic N) is 2. The molecule has 1 atom stereocenters. The molecule has 2 aliphatic heterocycles. The van der Waals surface area contributed by atoms with Crippen molar-refractivity contribution in [2.24, 2.45) is 0 Å². The van der Waals surface area contributed by atoms with Gasteiger partial charge in [-0.05, 0) is 13.3 Å². The third-order valence-electron chi connectivity index (χ3n) is 3.33. The van der Waals surface area contributed by atoms with Crippen LogP contribution in [0.3, 0.4) is 0 Å². The van der Waals surface area contributed by atoms with E-state index in [-0.39, 0.29) is 17.9 Å². The van der Waals surface area contributed by atoms with Crippen molar-refractivity contribution in [3.05, 3.63) is 0 Å². The van der Waals surface area contributed by atoms with Gasteiger partial charge in [0.25, 0.3) is 0 Å². The Balaban J connectivity index is 1.94. The average molecular weight is 255 g/mol. The van der Waals surface area contributed by atoms with E-state index < -0.39 is 0 Å². The SMILES string of the molecule is CC1CN(C(=O)C(=O)N2CCNCC2)CCCO1. The van der Waals surface area contributed by atoms with Crippen molar-refractivity contribution in [3.63, 3.8) is 0 Å². The highest BCUT2D eigenvalue weighted by atomic mass is 16.5. The van der Waals surface area contributed by atoms with Crippen LogP contribution in [0, 0.1) is 0 Å². The summed E-state index contributed by atoms with van der Waals surface area (Å²) in [6.45, 7) is 6.47. The summed E-state index contributed by atoms with van der Waals surface area (Å²) in [5, 5.41) is 3.17. The van der Waals surface area contributed by atoms with E-state index >= 15 is 0 Å². The van der Waals surface area contributed by atoms with E-state index in [9.17, 15) is 9.59 Å². The summed E-state index contributed by atoms with van der Waals surface area (Å²) in [5.41, 5.74) is 0. The molecule has 0 aliphatic carbocycles. The van der Waals surface area contributed by atoms with Crippen LogP contribution in [-0.2, 0) is 14.3 Å². The normalized spacial score (nSPS) is 25.7. The van der Waals surface area contributed by atoms with Gasteiger partial charge in [-0.3, -0.25) is 9.59 Å². The standard InChI is InChI=1S/C12H21N3O3/c1-10-9-15(5-2-8-18-10)12(17)11(16)14-6-3-13-4-7-14/h10,13H,2-9H2,1H3. The first kappa shape index (κ1) is 13.3. The van der Waals surface area contributed by atoms with Crippen LogP contribution in [0.2, 0.25) is 0 Å². The van der Waals surface area contributed by atoms with Gasteiger partial charge in [0.05, 0.1) is 6.10 Å². The first-order chi connectivity index (χ1) is 8.68. The molecule has 18 heavy (non-hydrogen) atoms. The van der Waals surface area contributed by atoms with Crippen molar-refractivity contribution < 1.29 is 14.3 Å². The summed E-state index contributed by atoms with van der Waals surface area (Å²) in [7, 11) is 0. The van der Waals surface area contributed by atoms with Crippen molar-refractivity contribution in [2.75, 3.05) is 45.9 Å². The quantitative estimate of drug-likeness (QED) is 0.567. The lowest BCUT2D eigenvalue weighted by Gasteiger charge is -2.29. The molecule has 2 rings (SSSR count). The highest BCUT2D eigenvalue weighted by Crippen LogP contribution is 2.07. The summed E-state index contributed by atoms with van der Waals surface area (Å²) >= 11 is 0. The predicted octanol–water partition coefficient (Wildman–Crippen LogP) is -0.944. The van der Waals surface area contributed by atoms with Gasteiger partial charge in [-0.25, -0.2) is 0 Å². The van der Waals surface area contributed by atoms with Gasteiger partial charge in [0.2, 0.25) is 0 Å². The number of rotatable bonds is 0. The number of hydrogen-bond acceptors (Lipinski definition) is 4. The summed E-state index contributed by atoms with van der Waals surface area (Å²) in [5.74, 6) is -0.750. The molecular weight excluding hydrogens is 234 g/mol. The smallest absolute Gasteiger partial charge is 0.312 e. The zero-order valence-electron chi connectivity index (χ0n) is 10.9. The second kappa shape index (κ2) is 6.15. The first-order valence-corrected chi connectivity index (χ1v) is 6.59. The van der Waals surface area contributed by atoms with Crippen molar-refractivity contribution in [1.29, 1.82) is 0 Å². The number of piperazine rings is 1. The maximum Gasteiger partial charge on any atom is 0.312 e. The van der Waals surface area contributed by atoms with E-state index in [4.69, 9.17) is 4.74 Å². The lowest BCUT2D eigenvalue weighted by Crippen LogP contribution is -2.52. The molecular formula is C12H21N3O3. The summed E-state index contributed by atoms with van der Waals surface area (Å²) in [6, 6.07) is 0. The Morgan fingerprint density at radius 2 is 1.78 bits per heavy atom. The van der Waals surface area contributed by atoms with E-state index in [0.29, 0.717) is 32.8 Å². The Morgan fingerprint density at radius 3 is 2.50 bits per heavy atom. The minimum atomic E-state index is -0.380. The van der Waals surface area contributed by atoms with Crippen molar-refractivity contribution in [3.8, 4) is 0 Å². The van der Waals surface area contributed by atoms with Crippen LogP contribution < -0.4 is 5.32 Å². The van der Waals surface area contributed by atoms with E-state index in [1.165, 1.54) is 0 Å². The molecule has 2 saturated heterocycles. The predicted molar refractivity (Wildman–Crippen MR) is 66.1 cm³/mol. The zero-order chi connectivity index (χ0) is 13.0. The molecule has 0 aromatic heterocycles. The third kappa shape index (κ3) is 3.20. The third-order valence-corrected chi connectivity index (χ3v) is 3.33. The Hall–Kier alpha value is -1.14. The second-order valence-electron chi connectivity index (χ2n) is 4.83. The molecule has 0 bridgehead atoms. The maximum absolute atomic E-state index is 12.2. The van der Waals surface area contributed by atoms with Crippen molar-refractivity contribution in [1.82, 2.24) is 15.1 Å². The molecule has 6 heteroatoms. The molecule has 6 nitrogen and oxygen atoms in total. The van der Waals surface area contributed by atoms with Crippen LogP contribution in [0.5, 0.6) is 0 Å². The number of ether oxygens (including phenoxy) is 1. The fourth-order valence-electron chi connectivity index (χ4n) is 2.32. The summed E-state index contributed by atoms with van der Waals surface area (Å²) < 4.78 is 5.48. The topological polar surface area (TPSA) is 61.9 Å². The number of carbonyl (C=O) groups is 2. The Bertz CT molecular complexity index is 316. The van der Waals surface area contributed by atoms with Crippen molar-refractivity contribution >= 4 is 11.8 Å². The molecule has 1 unspecified atom stereocenters. The minimum Gasteiger partial charge on any atom is -0.377 e. The highest BCUT2D eigenvalue weighted by molar-refractivity contribution is 6.34. The van der Waals surface area contributed by atoms with Gasteiger partial charge in [0.1, 0.15) is 0 Å². The van der Waals surface area contributed by atoms with E-state index in [0.717, 1.165) is 19.5 Å². The van der Waals surface area contributed by atoms with Gasteiger partial charge < -0.3 is 19.9 Å². The second-order valence-corrected chi connectivity index (χ2v) is 4.83. The molecule has 2 aliphatic rings. The lowest BCUT2D eigenvalue weighted by atomic mass is 10.3. The van der Waals surface area contributed by atoms with Gasteiger partial charge in [-0.1, -0.05) is 0 Å². The fraction of sp³-hybridized carbons (Fsp3) is 0.833. The number of carbonyl (C=O) groups excluding carboxylic acids is 2. The summed E-state index contributed by atoms with van der Waals surface area (Å²) in [6.07, 6.45) is 0.803. The molecule has 1 N–H and O–H groups in total. The van der Waals surface area contributed by atoms with Crippen LogP contribution in [0.1, 0.15) is 13.3 Å². The van der Waals surface area contributed by atoms with Gasteiger partial charge in [-0.2, -0.15) is 0 Å². The van der Waals surface area contributed by atoms with Gasteiger partial charge in [0, 0.05) is 45.9 Å². The maximum atomic E-state index is 12.2. The van der Waals surface area contributed by atoms with E-state index in [1.807, 2.05) is 6.92 Å². The molecule has 102 valence electrons. The first-order valence-electron chi connectivity index (χ1n) is 6.59. The molecule has 2 heterocycles. The van der Waals surface area contributed by atoms with Crippen LogP contribution in [-0.4, -0.2) is 73.6 Å². The number of nitrogens with one attached hydrogen (secondary N) is 1. The molecule has 2 fully saturated rings.